The monoisotopic (exact) mass is 223 g/mol. The highest BCUT2D eigenvalue weighted by Crippen LogP contribution is 2.32. The summed E-state index contributed by atoms with van der Waals surface area (Å²) in [5, 5.41) is 9.55. The summed E-state index contributed by atoms with van der Waals surface area (Å²) in [5.74, 6) is -0.203. The largest absolute Gasteiger partial charge is 0.396 e. The first-order valence-corrected chi connectivity index (χ1v) is 5.67. The van der Waals surface area contributed by atoms with Crippen LogP contribution in [-0.4, -0.2) is 36.8 Å². The van der Waals surface area contributed by atoms with E-state index in [-0.39, 0.29) is 17.8 Å². The van der Waals surface area contributed by atoms with Gasteiger partial charge in [0.25, 0.3) is 0 Å². The third kappa shape index (κ3) is 2.42. The molecule has 1 aliphatic heterocycles. The van der Waals surface area contributed by atoms with Gasteiger partial charge in [0.1, 0.15) is 5.82 Å². The first-order chi connectivity index (χ1) is 7.63. The van der Waals surface area contributed by atoms with Crippen LogP contribution in [0.25, 0.3) is 0 Å². The number of halogens is 1. The lowest BCUT2D eigenvalue weighted by atomic mass is 9.81. The van der Waals surface area contributed by atoms with Crippen LogP contribution >= 0.6 is 0 Å². The number of nitrogens with zero attached hydrogens (tertiary/aromatic N) is 1. The quantitative estimate of drug-likeness (QED) is 0.842. The molecule has 0 spiro atoms. The summed E-state index contributed by atoms with van der Waals surface area (Å²) in [6, 6.07) is 6.59. The summed E-state index contributed by atoms with van der Waals surface area (Å²) < 4.78 is 12.8. The van der Waals surface area contributed by atoms with E-state index in [2.05, 4.69) is 11.9 Å². The van der Waals surface area contributed by atoms with Gasteiger partial charge in [-0.1, -0.05) is 12.1 Å². The second-order valence-corrected chi connectivity index (χ2v) is 4.95. The van der Waals surface area contributed by atoms with Gasteiger partial charge in [-0.05, 0) is 44.1 Å². The fourth-order valence-electron chi connectivity index (χ4n) is 2.52. The molecule has 88 valence electrons. The van der Waals surface area contributed by atoms with Gasteiger partial charge in [-0.25, -0.2) is 4.39 Å². The standard InChI is InChI=1S/C13H18FNO/c1-15-7-6-13(9-15,10-16)8-11-2-4-12(14)5-3-11/h2-5,16H,6-10H2,1H3. The van der Waals surface area contributed by atoms with E-state index in [1.165, 1.54) is 12.1 Å². The Morgan fingerprint density at radius 3 is 2.56 bits per heavy atom. The molecule has 1 atom stereocenters. The van der Waals surface area contributed by atoms with Crippen LogP contribution in [0.1, 0.15) is 12.0 Å². The van der Waals surface area contributed by atoms with Crippen LogP contribution in [0.2, 0.25) is 0 Å². The lowest BCUT2D eigenvalue weighted by Crippen LogP contribution is -2.31. The fraction of sp³-hybridized carbons (Fsp3) is 0.538. The number of hydrogen-bond acceptors (Lipinski definition) is 2. The van der Waals surface area contributed by atoms with E-state index < -0.39 is 0 Å². The first kappa shape index (κ1) is 11.6. The predicted molar refractivity (Wildman–Crippen MR) is 61.7 cm³/mol. The number of aliphatic hydroxyl groups excluding tert-OH is 1. The third-order valence-corrected chi connectivity index (χ3v) is 3.46. The van der Waals surface area contributed by atoms with Gasteiger partial charge in [0.05, 0.1) is 6.61 Å². The molecule has 0 bridgehead atoms. The van der Waals surface area contributed by atoms with E-state index in [4.69, 9.17) is 0 Å². The average Bonchev–Trinajstić information content (AvgIpc) is 2.64. The van der Waals surface area contributed by atoms with Crippen molar-refractivity contribution in [2.75, 3.05) is 26.7 Å². The van der Waals surface area contributed by atoms with Crippen molar-refractivity contribution in [2.45, 2.75) is 12.8 Å². The molecular weight excluding hydrogens is 205 g/mol. The topological polar surface area (TPSA) is 23.5 Å². The number of aliphatic hydroxyl groups is 1. The lowest BCUT2D eigenvalue weighted by molar-refractivity contribution is 0.132. The van der Waals surface area contributed by atoms with E-state index >= 15 is 0 Å². The Balaban J connectivity index is 2.10. The zero-order valence-corrected chi connectivity index (χ0v) is 9.62. The van der Waals surface area contributed by atoms with Gasteiger partial charge in [-0.3, -0.25) is 0 Å². The van der Waals surface area contributed by atoms with E-state index in [1.807, 2.05) is 12.1 Å². The van der Waals surface area contributed by atoms with Crippen molar-refractivity contribution in [3.05, 3.63) is 35.6 Å². The molecule has 1 aliphatic rings. The molecule has 16 heavy (non-hydrogen) atoms. The number of hydrogen-bond donors (Lipinski definition) is 1. The van der Waals surface area contributed by atoms with Crippen molar-refractivity contribution >= 4 is 0 Å². The first-order valence-electron chi connectivity index (χ1n) is 5.67. The summed E-state index contributed by atoms with van der Waals surface area (Å²) in [6.45, 7) is 2.15. The second kappa shape index (κ2) is 4.52. The van der Waals surface area contributed by atoms with Crippen molar-refractivity contribution in [2.24, 2.45) is 5.41 Å². The number of rotatable bonds is 3. The van der Waals surface area contributed by atoms with E-state index in [9.17, 15) is 9.50 Å². The zero-order chi connectivity index (χ0) is 11.6. The minimum atomic E-state index is -0.203. The molecule has 1 saturated heterocycles. The highest BCUT2D eigenvalue weighted by atomic mass is 19.1. The Morgan fingerprint density at radius 2 is 2.06 bits per heavy atom. The summed E-state index contributed by atoms with van der Waals surface area (Å²) in [4.78, 5) is 2.24. The van der Waals surface area contributed by atoms with Crippen LogP contribution < -0.4 is 0 Å². The van der Waals surface area contributed by atoms with E-state index in [0.29, 0.717) is 0 Å². The van der Waals surface area contributed by atoms with Crippen molar-refractivity contribution < 1.29 is 9.50 Å². The Morgan fingerprint density at radius 1 is 1.38 bits per heavy atom. The lowest BCUT2D eigenvalue weighted by Gasteiger charge is -2.26. The Bertz CT molecular complexity index is 351. The van der Waals surface area contributed by atoms with Crippen LogP contribution in [0.15, 0.2) is 24.3 Å². The molecule has 1 heterocycles. The highest BCUT2D eigenvalue weighted by molar-refractivity contribution is 5.18. The molecule has 3 heteroatoms. The fourth-order valence-corrected chi connectivity index (χ4v) is 2.52. The van der Waals surface area contributed by atoms with Crippen molar-refractivity contribution in [3.63, 3.8) is 0 Å². The predicted octanol–water partition coefficient (Wildman–Crippen LogP) is 1.68. The van der Waals surface area contributed by atoms with Crippen LogP contribution in [0.3, 0.4) is 0 Å². The molecule has 0 aromatic heterocycles. The van der Waals surface area contributed by atoms with Crippen LogP contribution in [0.5, 0.6) is 0 Å². The summed E-state index contributed by atoms with van der Waals surface area (Å²) in [5.41, 5.74) is 1.07. The summed E-state index contributed by atoms with van der Waals surface area (Å²) in [7, 11) is 2.07. The molecule has 0 amide bonds. The van der Waals surface area contributed by atoms with Gasteiger partial charge < -0.3 is 10.0 Å². The molecule has 1 unspecified atom stereocenters. The van der Waals surface area contributed by atoms with E-state index in [0.717, 1.165) is 31.5 Å². The number of likely N-dealkylation sites (tertiary alicyclic amines) is 1. The highest BCUT2D eigenvalue weighted by Gasteiger charge is 2.36. The Hall–Kier alpha value is -0.930. The van der Waals surface area contributed by atoms with Gasteiger partial charge in [-0.15, -0.1) is 0 Å². The van der Waals surface area contributed by atoms with Gasteiger partial charge in [0.15, 0.2) is 0 Å². The van der Waals surface area contributed by atoms with Crippen LogP contribution in [0, 0.1) is 11.2 Å². The maximum atomic E-state index is 12.8. The molecule has 2 nitrogen and oxygen atoms in total. The van der Waals surface area contributed by atoms with Crippen LogP contribution in [0.4, 0.5) is 4.39 Å². The van der Waals surface area contributed by atoms with Crippen molar-refractivity contribution in [1.82, 2.24) is 4.90 Å². The zero-order valence-electron chi connectivity index (χ0n) is 9.62. The van der Waals surface area contributed by atoms with Crippen molar-refractivity contribution in [1.29, 1.82) is 0 Å². The van der Waals surface area contributed by atoms with E-state index in [1.54, 1.807) is 0 Å². The maximum absolute atomic E-state index is 12.8. The van der Waals surface area contributed by atoms with Crippen molar-refractivity contribution in [3.8, 4) is 0 Å². The summed E-state index contributed by atoms with van der Waals surface area (Å²) >= 11 is 0. The number of benzene rings is 1. The van der Waals surface area contributed by atoms with Gasteiger partial charge in [0, 0.05) is 12.0 Å². The normalized spacial score (nSPS) is 26.2. The smallest absolute Gasteiger partial charge is 0.123 e. The maximum Gasteiger partial charge on any atom is 0.123 e. The van der Waals surface area contributed by atoms with Gasteiger partial charge >= 0.3 is 0 Å². The molecule has 1 N–H and O–H groups in total. The Kier molecular flexibility index (Phi) is 3.26. The molecule has 2 rings (SSSR count). The molecule has 0 radical (unpaired) electrons. The molecular formula is C13H18FNO. The molecule has 1 aromatic carbocycles. The van der Waals surface area contributed by atoms with Gasteiger partial charge in [-0.2, -0.15) is 0 Å². The average molecular weight is 223 g/mol. The molecule has 0 aliphatic carbocycles. The molecule has 1 aromatic rings. The van der Waals surface area contributed by atoms with Crippen LogP contribution in [-0.2, 0) is 6.42 Å². The minimum absolute atomic E-state index is 0.0351. The summed E-state index contributed by atoms with van der Waals surface area (Å²) in [6.07, 6.45) is 1.84. The molecule has 0 saturated carbocycles. The minimum Gasteiger partial charge on any atom is -0.396 e. The SMILES string of the molecule is CN1CCC(CO)(Cc2ccc(F)cc2)C1. The third-order valence-electron chi connectivity index (χ3n) is 3.46. The second-order valence-electron chi connectivity index (χ2n) is 4.95. The molecule has 1 fully saturated rings. The van der Waals surface area contributed by atoms with Gasteiger partial charge in [0.2, 0.25) is 0 Å². The Labute approximate surface area is 95.7 Å².